The third-order valence-electron chi connectivity index (χ3n) is 2.30. The number of hydrogen-bond acceptors (Lipinski definition) is 3. The van der Waals surface area contributed by atoms with Crippen molar-refractivity contribution in [2.24, 2.45) is 5.92 Å². The van der Waals surface area contributed by atoms with Crippen LogP contribution >= 0.6 is 50.1 Å². The zero-order chi connectivity index (χ0) is 13.3. The molecule has 0 unspecified atom stereocenters. The van der Waals surface area contributed by atoms with E-state index in [0.29, 0.717) is 22.7 Å². The molecule has 0 atom stereocenters. The molecular formula is C12H11BrClIN2O. The van der Waals surface area contributed by atoms with E-state index >= 15 is 0 Å². The highest BCUT2D eigenvalue weighted by atomic mass is 127. The first-order valence-electron chi connectivity index (χ1n) is 5.44. The lowest BCUT2D eigenvalue weighted by Gasteiger charge is -2.09. The Morgan fingerprint density at radius 2 is 2.17 bits per heavy atom. The number of aromatic nitrogens is 2. The van der Waals surface area contributed by atoms with E-state index in [1.807, 2.05) is 6.07 Å². The van der Waals surface area contributed by atoms with Crippen LogP contribution in [0.5, 0.6) is 0 Å². The van der Waals surface area contributed by atoms with Crippen molar-refractivity contribution in [3.05, 3.63) is 31.2 Å². The first-order valence-corrected chi connectivity index (χ1v) is 7.69. The van der Waals surface area contributed by atoms with Crippen LogP contribution in [-0.2, 0) is 6.42 Å². The Morgan fingerprint density at radius 3 is 2.72 bits per heavy atom. The summed E-state index contributed by atoms with van der Waals surface area (Å²) in [6.07, 6.45) is 2.46. The minimum atomic E-state index is 0.472. The molecule has 0 saturated carbocycles. The molecule has 18 heavy (non-hydrogen) atoms. The molecule has 0 radical (unpaired) electrons. The van der Waals surface area contributed by atoms with Crippen LogP contribution in [0.25, 0.3) is 11.6 Å². The van der Waals surface area contributed by atoms with Crippen molar-refractivity contribution >= 4 is 50.1 Å². The van der Waals surface area contributed by atoms with Crippen LogP contribution in [0.3, 0.4) is 0 Å². The first-order chi connectivity index (χ1) is 8.49. The molecule has 0 aliphatic rings. The van der Waals surface area contributed by atoms with Crippen molar-refractivity contribution in [2.45, 2.75) is 20.3 Å². The van der Waals surface area contributed by atoms with Gasteiger partial charge < -0.3 is 4.42 Å². The van der Waals surface area contributed by atoms with Crippen LogP contribution in [-0.4, -0.2) is 9.97 Å². The Hall–Kier alpha value is -0.140. The summed E-state index contributed by atoms with van der Waals surface area (Å²) in [6, 6.07) is 1.81. The van der Waals surface area contributed by atoms with Crippen LogP contribution < -0.4 is 0 Å². The molecule has 2 rings (SSSR count). The summed E-state index contributed by atoms with van der Waals surface area (Å²) >= 11 is 11.7. The number of hydrogen-bond donors (Lipinski definition) is 0. The van der Waals surface area contributed by atoms with Gasteiger partial charge >= 0.3 is 0 Å². The van der Waals surface area contributed by atoms with Gasteiger partial charge in [-0.25, -0.2) is 9.97 Å². The van der Waals surface area contributed by atoms with Gasteiger partial charge in [-0.05, 0) is 56.9 Å². The van der Waals surface area contributed by atoms with Crippen molar-refractivity contribution in [3.8, 4) is 11.6 Å². The van der Waals surface area contributed by atoms with Gasteiger partial charge in [-0.3, -0.25) is 0 Å². The van der Waals surface area contributed by atoms with E-state index < -0.39 is 0 Å². The lowest BCUT2D eigenvalue weighted by molar-refractivity contribution is 0.573. The predicted molar refractivity (Wildman–Crippen MR) is 83.7 cm³/mol. The summed E-state index contributed by atoms with van der Waals surface area (Å²) in [5.41, 5.74) is 0.962. The SMILES string of the molecule is CC(C)Cc1nc(-c2occc2Br)nc(Cl)c1I. The van der Waals surface area contributed by atoms with Crippen LogP contribution in [0.4, 0.5) is 0 Å². The molecule has 0 aliphatic carbocycles. The second-order valence-corrected chi connectivity index (χ2v) is 6.59. The molecule has 0 saturated heterocycles. The summed E-state index contributed by atoms with van der Waals surface area (Å²) in [6.45, 7) is 4.29. The molecule has 0 aliphatic heterocycles. The maximum absolute atomic E-state index is 6.16. The van der Waals surface area contributed by atoms with Crippen LogP contribution in [0.1, 0.15) is 19.5 Å². The summed E-state index contributed by atoms with van der Waals surface area (Å²) < 4.78 is 7.11. The van der Waals surface area contributed by atoms with Crippen LogP contribution in [0.15, 0.2) is 21.2 Å². The molecular weight excluding hydrogens is 430 g/mol. The maximum Gasteiger partial charge on any atom is 0.198 e. The summed E-state index contributed by atoms with van der Waals surface area (Å²) in [7, 11) is 0. The summed E-state index contributed by atoms with van der Waals surface area (Å²) in [5.74, 6) is 1.64. The topological polar surface area (TPSA) is 38.9 Å². The largest absolute Gasteiger partial charge is 0.460 e. The molecule has 96 valence electrons. The monoisotopic (exact) mass is 440 g/mol. The third-order valence-corrected chi connectivity index (χ3v) is 4.65. The first kappa shape index (κ1) is 14.3. The third kappa shape index (κ3) is 3.05. The Kier molecular flexibility index (Phi) is 4.66. The van der Waals surface area contributed by atoms with Crippen LogP contribution in [0, 0.1) is 9.49 Å². The van der Waals surface area contributed by atoms with Gasteiger partial charge in [-0.15, -0.1) is 0 Å². The van der Waals surface area contributed by atoms with Gasteiger partial charge in [0.15, 0.2) is 11.6 Å². The standard InChI is InChI=1S/C12H11BrClIN2O/c1-6(2)5-8-9(15)11(14)17-12(16-8)10-7(13)3-4-18-10/h3-4,6H,5H2,1-2H3. The second-order valence-electron chi connectivity index (χ2n) is 4.29. The van der Waals surface area contributed by atoms with Gasteiger partial charge in [0.05, 0.1) is 20.0 Å². The van der Waals surface area contributed by atoms with Crippen molar-refractivity contribution in [3.63, 3.8) is 0 Å². The quantitative estimate of drug-likeness (QED) is 0.500. The van der Waals surface area contributed by atoms with Gasteiger partial charge in [-0.1, -0.05) is 25.4 Å². The van der Waals surface area contributed by atoms with E-state index in [1.54, 1.807) is 6.26 Å². The molecule has 3 nitrogen and oxygen atoms in total. The number of nitrogens with zero attached hydrogens (tertiary/aromatic N) is 2. The van der Waals surface area contributed by atoms with E-state index in [1.165, 1.54) is 0 Å². The summed E-state index contributed by atoms with van der Waals surface area (Å²) in [4.78, 5) is 8.82. The molecule has 2 aromatic heterocycles. The highest BCUT2D eigenvalue weighted by molar-refractivity contribution is 14.1. The fourth-order valence-electron chi connectivity index (χ4n) is 1.54. The normalized spacial score (nSPS) is 11.2. The molecule has 0 fully saturated rings. The fraction of sp³-hybridized carbons (Fsp3) is 0.333. The lowest BCUT2D eigenvalue weighted by atomic mass is 10.1. The van der Waals surface area contributed by atoms with Crippen molar-refractivity contribution < 1.29 is 4.42 Å². The van der Waals surface area contributed by atoms with E-state index in [4.69, 9.17) is 16.0 Å². The predicted octanol–water partition coefficient (Wildman–Crippen LogP) is 4.96. The molecule has 0 bridgehead atoms. The Morgan fingerprint density at radius 1 is 1.44 bits per heavy atom. The molecule has 0 aromatic carbocycles. The molecule has 6 heteroatoms. The molecule has 0 amide bonds. The summed E-state index contributed by atoms with van der Waals surface area (Å²) in [5, 5.41) is 0.472. The molecule has 0 spiro atoms. The van der Waals surface area contributed by atoms with Gasteiger partial charge in [0.25, 0.3) is 0 Å². The van der Waals surface area contributed by atoms with Gasteiger partial charge in [0, 0.05) is 0 Å². The number of furan rings is 1. The van der Waals surface area contributed by atoms with E-state index in [0.717, 1.165) is 20.2 Å². The second kappa shape index (κ2) is 5.88. The highest BCUT2D eigenvalue weighted by Gasteiger charge is 2.16. The lowest BCUT2D eigenvalue weighted by Crippen LogP contribution is -2.04. The Labute approximate surface area is 133 Å². The zero-order valence-electron chi connectivity index (χ0n) is 9.88. The van der Waals surface area contributed by atoms with Gasteiger partial charge in [0.2, 0.25) is 0 Å². The highest BCUT2D eigenvalue weighted by Crippen LogP contribution is 2.30. The fourth-order valence-corrected chi connectivity index (χ4v) is 2.57. The number of rotatable bonds is 3. The minimum absolute atomic E-state index is 0.472. The van der Waals surface area contributed by atoms with E-state index in [-0.39, 0.29) is 0 Å². The van der Waals surface area contributed by atoms with Gasteiger partial charge in [-0.2, -0.15) is 0 Å². The average molecular weight is 441 g/mol. The molecule has 2 heterocycles. The van der Waals surface area contributed by atoms with E-state index in [9.17, 15) is 0 Å². The molecule has 0 N–H and O–H groups in total. The van der Waals surface area contributed by atoms with Crippen molar-refractivity contribution in [1.29, 1.82) is 0 Å². The van der Waals surface area contributed by atoms with Crippen LogP contribution in [0.2, 0.25) is 5.15 Å². The van der Waals surface area contributed by atoms with Crippen molar-refractivity contribution in [2.75, 3.05) is 0 Å². The smallest absolute Gasteiger partial charge is 0.198 e. The maximum atomic E-state index is 6.16. The Bertz CT molecular complexity index is 571. The van der Waals surface area contributed by atoms with Gasteiger partial charge in [0.1, 0.15) is 5.15 Å². The number of halogens is 3. The average Bonchev–Trinajstić information content (AvgIpc) is 2.70. The Balaban J connectivity index is 2.51. The molecule has 2 aromatic rings. The zero-order valence-corrected chi connectivity index (χ0v) is 14.4. The van der Waals surface area contributed by atoms with Crippen molar-refractivity contribution in [1.82, 2.24) is 9.97 Å². The minimum Gasteiger partial charge on any atom is -0.460 e. The van der Waals surface area contributed by atoms with E-state index in [2.05, 4.69) is 62.3 Å².